The molecule has 1 saturated heterocycles. The van der Waals surface area contributed by atoms with Crippen LogP contribution in [0.2, 0.25) is 12.1 Å². The SMILES string of the molecule is C=CC1C[C@]1(NC(=O)C1CCCB1C#N)C(=O)OC.C=N/C(=C\C(O)=C1\C=CC(OC)=CC1)C(=O)CBr.CC.CC. The average molecular weight is 632 g/mol. The first-order chi connectivity index (χ1) is 19.7. The molecule has 1 amide bonds. The van der Waals surface area contributed by atoms with Crippen molar-refractivity contribution in [2.24, 2.45) is 10.9 Å². The lowest BCUT2D eigenvalue weighted by atomic mass is 9.44. The first-order valence-electron chi connectivity index (χ1n) is 13.8. The second-order valence-corrected chi connectivity index (χ2v) is 9.34. The van der Waals surface area contributed by atoms with Gasteiger partial charge in [-0.15, -0.1) is 6.58 Å². The zero-order valence-corrected chi connectivity index (χ0v) is 26.6. The van der Waals surface area contributed by atoms with Crippen LogP contribution in [0.5, 0.6) is 0 Å². The van der Waals surface area contributed by atoms with Crippen molar-refractivity contribution in [3.8, 4) is 5.97 Å². The molecule has 2 N–H and O–H groups in total. The highest BCUT2D eigenvalue weighted by Gasteiger charge is 2.61. The van der Waals surface area contributed by atoms with E-state index in [-0.39, 0.29) is 46.9 Å². The van der Waals surface area contributed by atoms with E-state index in [4.69, 9.17) is 14.7 Å². The third-order valence-corrected chi connectivity index (χ3v) is 7.11. The number of amides is 1. The highest BCUT2D eigenvalue weighted by molar-refractivity contribution is 9.09. The number of carbonyl (C=O) groups is 3. The number of Topliss-reactive ketones (excluding diaryl/α,β-unsaturated/α-hetero) is 1. The number of aliphatic hydroxyl groups is 1. The van der Waals surface area contributed by atoms with Crippen LogP contribution in [0.1, 0.15) is 53.4 Å². The maximum atomic E-state index is 12.2. The van der Waals surface area contributed by atoms with E-state index in [1.807, 2.05) is 33.8 Å². The molecule has 1 heterocycles. The third kappa shape index (κ3) is 10.5. The second-order valence-electron chi connectivity index (χ2n) is 8.77. The van der Waals surface area contributed by atoms with Crippen LogP contribution in [0, 0.1) is 17.1 Å². The molecule has 3 aliphatic rings. The molecule has 2 aliphatic carbocycles. The van der Waals surface area contributed by atoms with Gasteiger partial charge in [-0.05, 0) is 43.7 Å². The van der Waals surface area contributed by atoms with Crippen LogP contribution < -0.4 is 5.32 Å². The molecule has 3 rings (SSSR count). The smallest absolute Gasteiger partial charge is 0.332 e. The number of alkyl halides is 1. The van der Waals surface area contributed by atoms with E-state index in [0.29, 0.717) is 24.8 Å². The Labute approximate surface area is 253 Å². The number of ether oxygens (including phenoxy) is 2. The van der Waals surface area contributed by atoms with Crippen molar-refractivity contribution < 1.29 is 29.0 Å². The summed E-state index contributed by atoms with van der Waals surface area (Å²) >= 11 is 3.04. The van der Waals surface area contributed by atoms with E-state index in [1.54, 1.807) is 25.3 Å². The van der Waals surface area contributed by atoms with Crippen LogP contribution in [0.4, 0.5) is 0 Å². The summed E-state index contributed by atoms with van der Waals surface area (Å²) in [5, 5.41) is 21.9. The molecule has 2 fully saturated rings. The van der Waals surface area contributed by atoms with Crippen LogP contribution in [0.25, 0.3) is 0 Å². The zero-order chi connectivity index (χ0) is 31.6. The summed E-state index contributed by atoms with van der Waals surface area (Å²) < 4.78 is 9.80. The minimum absolute atomic E-state index is 0.00866. The fourth-order valence-electron chi connectivity index (χ4n) is 4.30. The molecular weight excluding hydrogens is 589 g/mol. The Hall–Kier alpha value is -3.39. The summed E-state index contributed by atoms with van der Waals surface area (Å²) in [6.45, 7) is 14.7. The number of esters is 1. The standard InChI is InChI=1S/C13H17BN2O3.C13H14BrNO3.2C2H6/c1-3-9-7-13(9,12(18)19-2)16-11(17)10-5-4-6-14(10)8-15;1-15-11(13(17)8-14)7-12(16)9-3-5-10(18-2)6-4-9;2*1-2/h3,9-10H,1,4-7H2,2H3,(H,16,17);3,5-7,16H,1,4,8H2,2H3;2*1-2H3/b;11-7-,12-9+;;/t9?,10?,13-;;;/m1.../s1. The fraction of sp³-hybridized carbons (Fsp3) is 0.500. The lowest BCUT2D eigenvalue weighted by molar-refractivity contribution is -0.146. The summed E-state index contributed by atoms with van der Waals surface area (Å²) in [5.74, 6) is 1.67. The Morgan fingerprint density at radius 1 is 1.29 bits per heavy atom. The predicted molar refractivity (Wildman–Crippen MR) is 168 cm³/mol. The molecule has 224 valence electrons. The monoisotopic (exact) mass is 631 g/mol. The largest absolute Gasteiger partial charge is 0.508 e. The van der Waals surface area contributed by atoms with Crippen molar-refractivity contribution in [3.63, 3.8) is 0 Å². The molecule has 0 bridgehead atoms. The molecule has 9 nitrogen and oxygen atoms in total. The van der Waals surface area contributed by atoms with E-state index < -0.39 is 11.5 Å². The van der Waals surface area contributed by atoms with Crippen LogP contribution in [-0.4, -0.2) is 61.3 Å². The highest BCUT2D eigenvalue weighted by Crippen LogP contribution is 2.46. The molecule has 11 heteroatoms. The Morgan fingerprint density at radius 3 is 2.39 bits per heavy atom. The molecule has 41 heavy (non-hydrogen) atoms. The van der Waals surface area contributed by atoms with Gasteiger partial charge in [-0.1, -0.05) is 68.5 Å². The van der Waals surface area contributed by atoms with Gasteiger partial charge in [0.15, 0.2) is 5.78 Å². The molecule has 0 aromatic rings. The first kappa shape index (κ1) is 37.6. The average Bonchev–Trinajstić information content (AvgIpc) is 3.53. The number of hydrogen-bond acceptors (Lipinski definition) is 8. The third-order valence-electron chi connectivity index (χ3n) is 6.60. The van der Waals surface area contributed by atoms with Gasteiger partial charge in [0.05, 0.1) is 19.5 Å². The van der Waals surface area contributed by atoms with Gasteiger partial charge in [0, 0.05) is 23.8 Å². The van der Waals surface area contributed by atoms with Crippen molar-refractivity contribution in [2.45, 2.75) is 71.1 Å². The van der Waals surface area contributed by atoms with Gasteiger partial charge in [-0.3, -0.25) is 14.6 Å². The fourth-order valence-corrected chi connectivity index (χ4v) is 4.59. The Balaban J connectivity index is 0.000000697. The minimum Gasteiger partial charge on any atom is -0.508 e. The highest BCUT2D eigenvalue weighted by atomic mass is 79.9. The number of aliphatic imine (C=N–C) groups is 1. The van der Waals surface area contributed by atoms with Crippen LogP contribution in [0.15, 0.2) is 64.7 Å². The van der Waals surface area contributed by atoms with Crippen LogP contribution in [-0.2, 0) is 23.9 Å². The van der Waals surface area contributed by atoms with Crippen molar-refractivity contribution in [1.82, 2.24) is 5.32 Å². The predicted octanol–water partition coefficient (Wildman–Crippen LogP) is 5.83. The number of ketones is 1. The summed E-state index contributed by atoms with van der Waals surface area (Å²) in [6.07, 6.45) is 11.7. The topological polar surface area (TPSA) is 138 Å². The van der Waals surface area contributed by atoms with Crippen LogP contribution in [0.3, 0.4) is 0 Å². The molecule has 0 aromatic carbocycles. The number of halogens is 1. The van der Waals surface area contributed by atoms with Crippen molar-refractivity contribution in [2.75, 3.05) is 19.5 Å². The maximum Gasteiger partial charge on any atom is 0.332 e. The summed E-state index contributed by atoms with van der Waals surface area (Å²) in [6, 6.07) is 0. The summed E-state index contributed by atoms with van der Waals surface area (Å²) in [7, 11) is 2.89. The molecule has 3 atom stereocenters. The van der Waals surface area contributed by atoms with Gasteiger partial charge in [0.25, 0.3) is 6.71 Å². The van der Waals surface area contributed by atoms with Gasteiger partial charge >= 0.3 is 5.97 Å². The molecule has 0 spiro atoms. The van der Waals surface area contributed by atoms with Crippen molar-refractivity contribution >= 4 is 47.0 Å². The molecule has 1 aliphatic heterocycles. The second kappa shape index (κ2) is 19.7. The van der Waals surface area contributed by atoms with Crippen LogP contribution >= 0.6 is 15.9 Å². The van der Waals surface area contributed by atoms with Gasteiger partial charge in [-0.25, -0.2) is 10.1 Å². The number of aliphatic hydroxyl groups excluding tert-OH is 1. The minimum atomic E-state index is -0.948. The Kier molecular flexibility index (Phi) is 18.0. The van der Waals surface area contributed by atoms with E-state index in [2.05, 4.69) is 45.5 Å². The number of nitrogens with one attached hydrogen (secondary N) is 1. The van der Waals surface area contributed by atoms with Gasteiger partial charge in [0.2, 0.25) is 5.91 Å². The van der Waals surface area contributed by atoms with Gasteiger partial charge < -0.3 is 19.9 Å². The number of allylic oxidation sites excluding steroid dienone is 6. The summed E-state index contributed by atoms with van der Waals surface area (Å²) in [5.41, 5.74) is -0.123. The lowest BCUT2D eigenvalue weighted by Crippen LogP contribution is -2.48. The first-order valence-corrected chi connectivity index (χ1v) is 14.9. The maximum absolute atomic E-state index is 12.2. The Morgan fingerprint density at radius 2 is 1.95 bits per heavy atom. The molecule has 0 aromatic heterocycles. The van der Waals surface area contributed by atoms with Crippen molar-refractivity contribution in [3.05, 3.63) is 59.7 Å². The number of methoxy groups -OCH3 is 2. The van der Waals surface area contributed by atoms with E-state index in [0.717, 1.165) is 18.5 Å². The lowest BCUT2D eigenvalue weighted by Gasteiger charge is -2.19. The number of nitriles is 1. The van der Waals surface area contributed by atoms with Gasteiger partial charge in [-0.2, -0.15) is 0 Å². The van der Waals surface area contributed by atoms with E-state index in [1.165, 1.54) is 13.2 Å². The normalized spacial score (nSPS) is 23.2. The Bertz CT molecular complexity index is 1110. The number of hydrogen-bond donors (Lipinski definition) is 2. The number of rotatable bonds is 9. The van der Waals surface area contributed by atoms with E-state index >= 15 is 0 Å². The zero-order valence-electron chi connectivity index (χ0n) is 25.0. The number of carbonyl (C=O) groups excluding carboxylic acids is 3. The van der Waals surface area contributed by atoms with Gasteiger partial charge in [0.1, 0.15) is 22.8 Å². The summed E-state index contributed by atoms with van der Waals surface area (Å²) in [4.78, 5) is 39.1. The van der Waals surface area contributed by atoms with Crippen molar-refractivity contribution in [1.29, 1.82) is 5.26 Å². The molecule has 0 radical (unpaired) electrons. The molecule has 2 unspecified atom stereocenters. The number of nitrogens with zero attached hydrogens (tertiary/aromatic N) is 2. The molecule has 1 saturated carbocycles. The molecular formula is C30H43BBrN3O6. The quantitative estimate of drug-likeness (QED) is 0.0621. The van der Waals surface area contributed by atoms with E-state index in [9.17, 15) is 19.5 Å².